The summed E-state index contributed by atoms with van der Waals surface area (Å²) in [6.45, 7) is 4.64. The van der Waals surface area contributed by atoms with Crippen molar-refractivity contribution in [2.75, 3.05) is 13.2 Å². The molecule has 0 fully saturated rings. The highest BCUT2D eigenvalue weighted by atomic mass is 16.5. The van der Waals surface area contributed by atoms with Gasteiger partial charge in [0.25, 0.3) is 0 Å². The molecule has 1 atom stereocenters. The number of carbonyl (C=O) groups excluding carboxylic acids is 1. The Balaban J connectivity index is 3.40. The molecule has 4 nitrogen and oxygen atoms in total. The Kier molecular flexibility index (Phi) is 5.56. The van der Waals surface area contributed by atoms with Gasteiger partial charge in [0.2, 0.25) is 0 Å². The van der Waals surface area contributed by atoms with Crippen LogP contribution in [0.25, 0.3) is 0 Å². The minimum atomic E-state index is -0.367. The van der Waals surface area contributed by atoms with Crippen molar-refractivity contribution < 1.29 is 9.53 Å². The number of carbonyl (C=O) groups is 1. The fourth-order valence-electron chi connectivity index (χ4n) is 0.696. The topological polar surface area (TPSA) is 64.3 Å². The molecule has 1 amide bonds. The second-order valence-corrected chi connectivity index (χ2v) is 2.34. The summed E-state index contributed by atoms with van der Waals surface area (Å²) in [5.74, 6) is 0. The lowest BCUT2D eigenvalue weighted by molar-refractivity contribution is 0.148. The van der Waals surface area contributed by atoms with Crippen LogP contribution < -0.4 is 11.1 Å². The van der Waals surface area contributed by atoms with Crippen molar-refractivity contribution >= 4 is 6.09 Å². The number of nitrogens with one attached hydrogen (secondary N) is 1. The Bertz CT molecular complexity index is 117. The number of alkyl carbamates (subject to hydrolysis) is 1. The van der Waals surface area contributed by atoms with E-state index in [9.17, 15) is 4.79 Å². The fourth-order valence-corrected chi connectivity index (χ4v) is 0.696. The van der Waals surface area contributed by atoms with E-state index in [2.05, 4.69) is 10.1 Å². The molecular weight excluding hydrogens is 144 g/mol. The summed E-state index contributed by atoms with van der Waals surface area (Å²) in [7, 11) is 0. The molecule has 0 heterocycles. The standard InChI is InChI=1S/C7H16N2O2/c1-3-11-7(10)9-6(2)4-5-8/h6H,3-5,8H2,1-2H3,(H,9,10). The summed E-state index contributed by atoms with van der Waals surface area (Å²) in [6.07, 6.45) is 0.409. The van der Waals surface area contributed by atoms with E-state index < -0.39 is 0 Å². The maximum absolute atomic E-state index is 10.8. The van der Waals surface area contributed by atoms with Crippen molar-refractivity contribution in [3.05, 3.63) is 0 Å². The number of nitrogens with two attached hydrogens (primary N) is 1. The quantitative estimate of drug-likeness (QED) is 0.628. The average Bonchev–Trinajstić information content (AvgIpc) is 1.87. The molecular formula is C7H16N2O2. The molecule has 1 unspecified atom stereocenters. The highest BCUT2D eigenvalue weighted by molar-refractivity contribution is 5.67. The van der Waals surface area contributed by atoms with Gasteiger partial charge in [0, 0.05) is 6.04 Å². The smallest absolute Gasteiger partial charge is 0.407 e. The minimum absolute atomic E-state index is 0.0963. The Morgan fingerprint density at radius 3 is 2.82 bits per heavy atom. The van der Waals surface area contributed by atoms with Crippen LogP contribution in [-0.4, -0.2) is 25.3 Å². The first kappa shape index (κ1) is 10.2. The molecule has 3 N–H and O–H groups in total. The summed E-state index contributed by atoms with van der Waals surface area (Å²) >= 11 is 0. The van der Waals surface area contributed by atoms with Crippen LogP contribution in [0.15, 0.2) is 0 Å². The molecule has 0 aliphatic carbocycles. The van der Waals surface area contributed by atoms with Crippen LogP contribution >= 0.6 is 0 Å². The Morgan fingerprint density at radius 2 is 2.36 bits per heavy atom. The maximum Gasteiger partial charge on any atom is 0.407 e. The molecule has 0 rings (SSSR count). The summed E-state index contributed by atoms with van der Waals surface area (Å²) in [4.78, 5) is 10.8. The normalized spacial score (nSPS) is 12.3. The molecule has 0 saturated carbocycles. The van der Waals surface area contributed by atoms with Gasteiger partial charge in [-0.2, -0.15) is 0 Å². The van der Waals surface area contributed by atoms with Gasteiger partial charge < -0.3 is 15.8 Å². The predicted octanol–water partition coefficient (Wildman–Crippen LogP) is 0.470. The van der Waals surface area contributed by atoms with Gasteiger partial charge in [-0.25, -0.2) is 4.79 Å². The van der Waals surface area contributed by atoms with Gasteiger partial charge in [0.1, 0.15) is 0 Å². The van der Waals surface area contributed by atoms with E-state index in [0.717, 1.165) is 6.42 Å². The zero-order valence-electron chi connectivity index (χ0n) is 7.09. The van der Waals surface area contributed by atoms with E-state index in [1.165, 1.54) is 0 Å². The van der Waals surface area contributed by atoms with Gasteiger partial charge in [-0.1, -0.05) is 0 Å². The molecule has 0 aromatic carbocycles. The van der Waals surface area contributed by atoms with Crippen LogP contribution in [0.5, 0.6) is 0 Å². The third kappa shape index (κ3) is 5.66. The zero-order valence-corrected chi connectivity index (χ0v) is 7.09. The predicted molar refractivity (Wildman–Crippen MR) is 43.3 cm³/mol. The summed E-state index contributed by atoms with van der Waals surface area (Å²) < 4.78 is 4.67. The van der Waals surface area contributed by atoms with E-state index >= 15 is 0 Å². The monoisotopic (exact) mass is 160 g/mol. The number of ether oxygens (including phenoxy) is 1. The van der Waals surface area contributed by atoms with Crippen molar-refractivity contribution in [3.8, 4) is 0 Å². The van der Waals surface area contributed by atoms with Crippen LogP contribution in [0.3, 0.4) is 0 Å². The van der Waals surface area contributed by atoms with E-state index in [4.69, 9.17) is 5.73 Å². The molecule has 0 aromatic rings. The summed E-state index contributed by atoms with van der Waals surface area (Å²) in [5, 5.41) is 2.64. The molecule has 4 heteroatoms. The highest BCUT2D eigenvalue weighted by Crippen LogP contribution is 1.88. The van der Waals surface area contributed by atoms with Gasteiger partial charge in [0.15, 0.2) is 0 Å². The van der Waals surface area contributed by atoms with E-state index in [-0.39, 0.29) is 12.1 Å². The molecule has 0 aliphatic rings. The van der Waals surface area contributed by atoms with E-state index in [1.807, 2.05) is 6.92 Å². The molecule has 0 bridgehead atoms. The number of rotatable bonds is 4. The molecule has 0 aliphatic heterocycles. The number of amides is 1. The van der Waals surface area contributed by atoms with Crippen LogP contribution in [0.4, 0.5) is 4.79 Å². The second kappa shape index (κ2) is 5.97. The molecule has 66 valence electrons. The lowest BCUT2D eigenvalue weighted by Crippen LogP contribution is -2.34. The third-order valence-corrected chi connectivity index (χ3v) is 1.24. The third-order valence-electron chi connectivity index (χ3n) is 1.24. The van der Waals surface area contributed by atoms with Crippen LogP contribution in [-0.2, 0) is 4.74 Å². The van der Waals surface area contributed by atoms with Gasteiger partial charge in [-0.3, -0.25) is 0 Å². The summed E-state index contributed by atoms with van der Waals surface area (Å²) in [6, 6.07) is 0.0963. The first-order valence-corrected chi connectivity index (χ1v) is 3.84. The van der Waals surface area contributed by atoms with Crippen molar-refractivity contribution in [3.63, 3.8) is 0 Å². The van der Waals surface area contributed by atoms with E-state index in [1.54, 1.807) is 6.92 Å². The van der Waals surface area contributed by atoms with Crippen molar-refractivity contribution in [2.24, 2.45) is 5.73 Å². The fraction of sp³-hybridized carbons (Fsp3) is 0.857. The molecule has 11 heavy (non-hydrogen) atoms. The maximum atomic E-state index is 10.8. The van der Waals surface area contributed by atoms with Gasteiger partial charge in [-0.15, -0.1) is 0 Å². The molecule has 0 saturated heterocycles. The minimum Gasteiger partial charge on any atom is -0.450 e. The Morgan fingerprint density at radius 1 is 1.73 bits per heavy atom. The van der Waals surface area contributed by atoms with Crippen LogP contribution in [0.1, 0.15) is 20.3 Å². The van der Waals surface area contributed by atoms with E-state index in [0.29, 0.717) is 13.2 Å². The number of hydrogen-bond donors (Lipinski definition) is 2. The lowest BCUT2D eigenvalue weighted by Gasteiger charge is -2.11. The van der Waals surface area contributed by atoms with Gasteiger partial charge >= 0.3 is 6.09 Å². The zero-order chi connectivity index (χ0) is 8.69. The van der Waals surface area contributed by atoms with Crippen LogP contribution in [0, 0.1) is 0 Å². The molecule has 0 aromatic heterocycles. The highest BCUT2D eigenvalue weighted by Gasteiger charge is 2.05. The number of hydrogen-bond acceptors (Lipinski definition) is 3. The molecule has 0 spiro atoms. The van der Waals surface area contributed by atoms with Crippen molar-refractivity contribution in [1.82, 2.24) is 5.32 Å². The van der Waals surface area contributed by atoms with Crippen LogP contribution in [0.2, 0.25) is 0 Å². The SMILES string of the molecule is CCOC(=O)NC(C)CCN. The van der Waals surface area contributed by atoms with Crippen molar-refractivity contribution in [2.45, 2.75) is 26.3 Å². The van der Waals surface area contributed by atoms with Gasteiger partial charge in [-0.05, 0) is 26.8 Å². The Labute approximate surface area is 67.1 Å². The first-order valence-electron chi connectivity index (χ1n) is 3.84. The first-order chi connectivity index (χ1) is 5.20. The summed E-state index contributed by atoms with van der Waals surface area (Å²) in [5.41, 5.74) is 5.29. The lowest BCUT2D eigenvalue weighted by atomic mass is 10.2. The molecule has 0 radical (unpaired) electrons. The van der Waals surface area contributed by atoms with Gasteiger partial charge in [0.05, 0.1) is 6.61 Å². The second-order valence-electron chi connectivity index (χ2n) is 2.34. The van der Waals surface area contributed by atoms with Crippen molar-refractivity contribution in [1.29, 1.82) is 0 Å². The Hall–Kier alpha value is -0.770. The average molecular weight is 160 g/mol. The largest absolute Gasteiger partial charge is 0.450 e.